The molecule has 1 aromatic carbocycles. The van der Waals surface area contributed by atoms with E-state index in [1.54, 1.807) is 24.3 Å². The van der Waals surface area contributed by atoms with Crippen LogP contribution in [0.2, 0.25) is 0 Å². The second-order valence-electron chi connectivity index (χ2n) is 3.56. The van der Waals surface area contributed by atoms with Gasteiger partial charge >= 0.3 is 11.1 Å². The number of nitrogens with zero attached hydrogens (tertiary/aromatic N) is 2. The minimum Gasteiger partial charge on any atom is -0.425 e. The largest absolute Gasteiger partial charge is 0.425 e. The lowest BCUT2D eigenvalue weighted by Gasteiger charge is -2.09. The Bertz CT molecular complexity index is 640. The van der Waals surface area contributed by atoms with Crippen LogP contribution in [-0.2, 0) is 6.54 Å². The van der Waals surface area contributed by atoms with Gasteiger partial charge in [-0.15, -0.1) is 4.73 Å². The zero-order valence-electron chi connectivity index (χ0n) is 8.88. The van der Waals surface area contributed by atoms with E-state index in [4.69, 9.17) is 0 Å². The van der Waals surface area contributed by atoms with Crippen molar-refractivity contribution < 1.29 is 5.21 Å². The minimum absolute atomic E-state index is 0.348. The fourth-order valence-corrected chi connectivity index (χ4v) is 1.74. The summed E-state index contributed by atoms with van der Waals surface area (Å²) in [6, 6.07) is 6.77. The van der Waals surface area contributed by atoms with E-state index < -0.39 is 11.1 Å². The SMILES string of the molecule is CCCn1c(=O)c(=O)n(O)c2ccccc21. The van der Waals surface area contributed by atoms with Gasteiger partial charge in [-0.2, -0.15) is 0 Å². The summed E-state index contributed by atoms with van der Waals surface area (Å²) in [6.07, 6.45) is 0.749. The van der Waals surface area contributed by atoms with Crippen LogP contribution >= 0.6 is 0 Å². The molecule has 5 nitrogen and oxygen atoms in total. The molecule has 1 heterocycles. The van der Waals surface area contributed by atoms with Crippen LogP contribution in [0, 0.1) is 0 Å². The van der Waals surface area contributed by atoms with Gasteiger partial charge in [-0.05, 0) is 18.6 Å². The van der Waals surface area contributed by atoms with Crippen LogP contribution in [0.25, 0.3) is 11.0 Å². The second-order valence-corrected chi connectivity index (χ2v) is 3.56. The van der Waals surface area contributed by atoms with Crippen LogP contribution in [0.15, 0.2) is 33.9 Å². The average Bonchev–Trinajstić information content (AvgIpc) is 2.32. The number of benzene rings is 1. The van der Waals surface area contributed by atoms with E-state index in [9.17, 15) is 14.8 Å². The van der Waals surface area contributed by atoms with Gasteiger partial charge in [-0.25, -0.2) is 0 Å². The standard InChI is InChI=1S/C11H12N2O3/c1-2-7-12-8-5-3-4-6-9(8)13(16)11(15)10(12)14/h3-6,16H,2,7H2,1H3. The van der Waals surface area contributed by atoms with E-state index in [1.807, 2.05) is 6.92 Å². The van der Waals surface area contributed by atoms with Gasteiger partial charge in [0.05, 0.1) is 5.52 Å². The van der Waals surface area contributed by atoms with Gasteiger partial charge in [-0.3, -0.25) is 9.59 Å². The summed E-state index contributed by atoms with van der Waals surface area (Å²) in [5.74, 6) is 0. The molecular formula is C11H12N2O3. The Morgan fingerprint density at radius 3 is 2.38 bits per heavy atom. The maximum absolute atomic E-state index is 11.7. The van der Waals surface area contributed by atoms with Crippen molar-refractivity contribution in [2.24, 2.45) is 0 Å². The molecule has 0 fully saturated rings. The van der Waals surface area contributed by atoms with Crippen LogP contribution < -0.4 is 11.1 Å². The minimum atomic E-state index is -0.910. The summed E-state index contributed by atoms with van der Waals surface area (Å²) in [7, 11) is 0. The molecule has 0 unspecified atom stereocenters. The molecule has 0 saturated heterocycles. The van der Waals surface area contributed by atoms with E-state index in [1.165, 1.54) is 4.57 Å². The zero-order valence-corrected chi connectivity index (χ0v) is 8.88. The quantitative estimate of drug-likeness (QED) is 0.601. The number of aryl methyl sites for hydroxylation is 1. The molecule has 1 aromatic heterocycles. The molecule has 0 radical (unpaired) electrons. The van der Waals surface area contributed by atoms with Crippen molar-refractivity contribution in [1.29, 1.82) is 0 Å². The fraction of sp³-hybridized carbons (Fsp3) is 0.273. The van der Waals surface area contributed by atoms with Crippen molar-refractivity contribution in [1.82, 2.24) is 9.30 Å². The number of rotatable bonds is 2. The van der Waals surface area contributed by atoms with Crippen molar-refractivity contribution in [2.45, 2.75) is 19.9 Å². The maximum Gasteiger partial charge on any atom is 0.349 e. The first kappa shape index (κ1) is 10.5. The van der Waals surface area contributed by atoms with Crippen LogP contribution in [-0.4, -0.2) is 14.5 Å². The summed E-state index contributed by atoms with van der Waals surface area (Å²) >= 11 is 0. The van der Waals surface area contributed by atoms with Crippen molar-refractivity contribution in [2.75, 3.05) is 0 Å². The third-order valence-corrected chi connectivity index (χ3v) is 2.47. The Morgan fingerprint density at radius 1 is 1.12 bits per heavy atom. The predicted molar refractivity (Wildman–Crippen MR) is 59.9 cm³/mol. The summed E-state index contributed by atoms with van der Waals surface area (Å²) in [6.45, 7) is 2.39. The Morgan fingerprint density at radius 2 is 1.75 bits per heavy atom. The third kappa shape index (κ3) is 1.41. The predicted octanol–water partition coefficient (Wildman–Crippen LogP) is 0.810. The van der Waals surface area contributed by atoms with Crippen LogP contribution in [0.4, 0.5) is 0 Å². The topological polar surface area (TPSA) is 64.2 Å². The van der Waals surface area contributed by atoms with Gasteiger partial charge in [0.1, 0.15) is 5.52 Å². The van der Waals surface area contributed by atoms with Crippen molar-refractivity contribution >= 4 is 11.0 Å². The molecule has 0 bridgehead atoms. The highest BCUT2D eigenvalue weighted by atomic mass is 16.5. The number of hydrogen-bond acceptors (Lipinski definition) is 3. The van der Waals surface area contributed by atoms with E-state index >= 15 is 0 Å². The lowest BCUT2D eigenvalue weighted by atomic mass is 10.3. The maximum atomic E-state index is 11.7. The van der Waals surface area contributed by atoms with E-state index in [2.05, 4.69) is 0 Å². The lowest BCUT2D eigenvalue weighted by molar-refractivity contribution is 0.185. The molecule has 0 spiro atoms. The molecule has 84 valence electrons. The normalized spacial score (nSPS) is 10.8. The molecule has 0 aliphatic heterocycles. The summed E-state index contributed by atoms with van der Waals surface area (Å²) in [5, 5.41) is 9.52. The van der Waals surface area contributed by atoms with Crippen molar-refractivity contribution in [3.63, 3.8) is 0 Å². The fourth-order valence-electron chi connectivity index (χ4n) is 1.74. The number of hydrogen-bond donors (Lipinski definition) is 1. The first-order valence-electron chi connectivity index (χ1n) is 5.10. The smallest absolute Gasteiger partial charge is 0.349 e. The molecule has 0 saturated carbocycles. The highest BCUT2D eigenvalue weighted by Gasteiger charge is 2.10. The van der Waals surface area contributed by atoms with Gasteiger partial charge < -0.3 is 9.77 Å². The Labute approximate surface area is 91.1 Å². The number of fused-ring (bicyclic) bond motifs is 1. The molecule has 1 N–H and O–H groups in total. The molecule has 0 atom stereocenters. The van der Waals surface area contributed by atoms with E-state index in [0.29, 0.717) is 22.3 Å². The summed E-state index contributed by atoms with van der Waals surface area (Å²) in [5.41, 5.74) is -0.688. The Hall–Kier alpha value is -2.04. The highest BCUT2D eigenvalue weighted by molar-refractivity contribution is 5.74. The molecule has 0 aliphatic rings. The molecule has 2 aromatic rings. The van der Waals surface area contributed by atoms with E-state index in [-0.39, 0.29) is 0 Å². The summed E-state index contributed by atoms with van der Waals surface area (Å²) in [4.78, 5) is 23.1. The second kappa shape index (κ2) is 3.84. The van der Waals surface area contributed by atoms with Gasteiger partial charge in [0.25, 0.3) is 0 Å². The van der Waals surface area contributed by atoms with Gasteiger partial charge in [0.2, 0.25) is 0 Å². The molecule has 2 rings (SSSR count). The first-order valence-corrected chi connectivity index (χ1v) is 5.10. The molecule has 0 amide bonds. The Balaban J connectivity index is 2.98. The zero-order chi connectivity index (χ0) is 11.7. The van der Waals surface area contributed by atoms with E-state index in [0.717, 1.165) is 6.42 Å². The number of aromatic nitrogens is 2. The highest BCUT2D eigenvalue weighted by Crippen LogP contribution is 2.09. The average molecular weight is 220 g/mol. The van der Waals surface area contributed by atoms with Crippen LogP contribution in [0.5, 0.6) is 0 Å². The van der Waals surface area contributed by atoms with Crippen LogP contribution in [0.1, 0.15) is 13.3 Å². The molecule has 16 heavy (non-hydrogen) atoms. The van der Waals surface area contributed by atoms with Crippen molar-refractivity contribution in [3.8, 4) is 0 Å². The van der Waals surface area contributed by atoms with Crippen molar-refractivity contribution in [3.05, 3.63) is 45.0 Å². The Kier molecular flexibility index (Phi) is 2.52. The summed E-state index contributed by atoms with van der Waals surface area (Å²) < 4.78 is 1.80. The first-order chi connectivity index (χ1) is 7.66. The third-order valence-electron chi connectivity index (χ3n) is 2.47. The molecule has 0 aliphatic carbocycles. The van der Waals surface area contributed by atoms with Gasteiger partial charge in [0.15, 0.2) is 0 Å². The van der Waals surface area contributed by atoms with Gasteiger partial charge in [-0.1, -0.05) is 19.1 Å². The monoisotopic (exact) mass is 220 g/mol. The number of para-hydroxylation sites is 2. The molecular weight excluding hydrogens is 208 g/mol. The molecule has 5 heteroatoms. The lowest BCUT2D eigenvalue weighted by Crippen LogP contribution is -2.40. The van der Waals surface area contributed by atoms with Crippen LogP contribution in [0.3, 0.4) is 0 Å². The van der Waals surface area contributed by atoms with Gasteiger partial charge in [0, 0.05) is 6.54 Å².